The Morgan fingerprint density at radius 3 is 2.71 bits per heavy atom. The van der Waals surface area contributed by atoms with Crippen LogP contribution in [0.2, 0.25) is 0 Å². The number of morpholine rings is 1. The zero-order valence-corrected chi connectivity index (χ0v) is 12.0. The van der Waals surface area contributed by atoms with Crippen molar-refractivity contribution in [3.8, 4) is 0 Å². The van der Waals surface area contributed by atoms with Gasteiger partial charge in [-0.05, 0) is 12.1 Å². The zero-order valence-electron chi connectivity index (χ0n) is 12.0. The largest absolute Gasteiger partial charge is 0.427 e. The van der Waals surface area contributed by atoms with E-state index in [1.54, 1.807) is 4.90 Å². The minimum absolute atomic E-state index is 0.290. The van der Waals surface area contributed by atoms with E-state index in [4.69, 9.17) is 9.47 Å². The highest BCUT2D eigenvalue weighted by atomic mass is 16.6. The molecule has 0 spiro atoms. The Morgan fingerprint density at radius 2 is 1.95 bits per heavy atom. The molecule has 0 unspecified atom stereocenters. The number of hydrogen-bond acceptors (Lipinski definition) is 4. The van der Waals surface area contributed by atoms with Gasteiger partial charge in [0.1, 0.15) is 0 Å². The quantitative estimate of drug-likeness (QED) is 0.812. The summed E-state index contributed by atoms with van der Waals surface area (Å²) >= 11 is 0. The fourth-order valence-electron chi connectivity index (χ4n) is 2.54. The number of anilines is 1. The van der Waals surface area contributed by atoms with E-state index in [2.05, 4.69) is 22.3 Å². The lowest BCUT2D eigenvalue weighted by Gasteiger charge is -2.35. The number of hydrogen-bond donors (Lipinski definition) is 0. The fraction of sp³-hybridized carbons (Fsp3) is 0.533. The molecule has 2 aliphatic rings. The van der Waals surface area contributed by atoms with Crippen molar-refractivity contribution in [1.82, 2.24) is 10.2 Å². The van der Waals surface area contributed by atoms with Crippen molar-refractivity contribution in [1.29, 1.82) is 0 Å². The predicted octanol–water partition coefficient (Wildman–Crippen LogP) is 0.906. The van der Waals surface area contributed by atoms with Gasteiger partial charge in [0.25, 0.3) is 0 Å². The molecule has 113 valence electrons. The van der Waals surface area contributed by atoms with Crippen molar-refractivity contribution in [2.24, 2.45) is 0 Å². The molecule has 2 heterocycles. The zero-order chi connectivity index (χ0) is 14.5. The van der Waals surface area contributed by atoms with Gasteiger partial charge in [-0.15, -0.1) is 0 Å². The van der Waals surface area contributed by atoms with Crippen LogP contribution in [0.4, 0.5) is 10.5 Å². The third-order valence-corrected chi connectivity index (χ3v) is 3.71. The van der Waals surface area contributed by atoms with Crippen LogP contribution >= 0.6 is 0 Å². The van der Waals surface area contributed by atoms with Gasteiger partial charge in [0, 0.05) is 31.9 Å². The fourth-order valence-corrected chi connectivity index (χ4v) is 2.54. The maximum absolute atomic E-state index is 12.1. The molecule has 2 saturated heterocycles. The number of rotatable bonds is 2. The summed E-state index contributed by atoms with van der Waals surface area (Å²) in [6.45, 7) is 4.48. The molecular formula is C15H20N3O3. The van der Waals surface area contributed by atoms with Gasteiger partial charge in [-0.1, -0.05) is 18.2 Å². The lowest BCUT2D eigenvalue weighted by molar-refractivity contribution is 0.00439. The number of carbonyl (C=O) groups excluding carboxylic acids is 1. The van der Waals surface area contributed by atoms with Crippen molar-refractivity contribution in [2.75, 3.05) is 50.8 Å². The van der Waals surface area contributed by atoms with E-state index >= 15 is 0 Å². The molecule has 6 heteroatoms. The summed E-state index contributed by atoms with van der Waals surface area (Å²) in [6, 6.07) is 10.1. The maximum Gasteiger partial charge on any atom is 0.411 e. The predicted molar refractivity (Wildman–Crippen MR) is 78.3 cm³/mol. The van der Waals surface area contributed by atoms with Gasteiger partial charge in [0.05, 0.1) is 19.8 Å². The van der Waals surface area contributed by atoms with Crippen molar-refractivity contribution in [3.05, 3.63) is 30.3 Å². The molecule has 3 rings (SSSR count). The highest BCUT2D eigenvalue weighted by Crippen LogP contribution is 2.16. The van der Waals surface area contributed by atoms with Crippen LogP contribution in [0, 0.1) is 0 Å². The molecule has 21 heavy (non-hydrogen) atoms. The first-order valence-electron chi connectivity index (χ1n) is 7.33. The Hall–Kier alpha value is -1.79. The summed E-state index contributed by atoms with van der Waals surface area (Å²) in [5.41, 5.74) is 1.14. The van der Waals surface area contributed by atoms with E-state index in [0.29, 0.717) is 39.4 Å². The van der Waals surface area contributed by atoms with Crippen LogP contribution in [0.15, 0.2) is 30.3 Å². The van der Waals surface area contributed by atoms with Crippen LogP contribution in [0.25, 0.3) is 0 Å². The van der Waals surface area contributed by atoms with Gasteiger partial charge < -0.3 is 19.3 Å². The van der Waals surface area contributed by atoms with Gasteiger partial charge >= 0.3 is 6.09 Å². The number of amides is 1. The summed E-state index contributed by atoms with van der Waals surface area (Å²) in [5.74, 6) is 0. The number of nitrogens with zero attached hydrogens (tertiary/aromatic N) is 3. The van der Waals surface area contributed by atoms with Crippen LogP contribution in [0.5, 0.6) is 0 Å². The third-order valence-electron chi connectivity index (χ3n) is 3.71. The van der Waals surface area contributed by atoms with Crippen molar-refractivity contribution < 1.29 is 14.3 Å². The molecule has 1 aromatic carbocycles. The Kier molecular flexibility index (Phi) is 4.57. The standard InChI is InChI=1S/C15H20N3O3/c19-15(17-8-10-20-11-9-17)21-14-12-18(7-6-16-14)13-4-2-1-3-5-13/h1-5,14H,6-12H2/t14-/m0/s1. The highest BCUT2D eigenvalue weighted by Gasteiger charge is 2.26. The second-order valence-corrected chi connectivity index (χ2v) is 5.13. The summed E-state index contributed by atoms with van der Waals surface area (Å²) in [4.78, 5) is 16.0. The number of piperazine rings is 1. The van der Waals surface area contributed by atoms with Crippen LogP contribution < -0.4 is 10.2 Å². The minimum atomic E-state index is -0.394. The molecule has 0 N–H and O–H groups in total. The third kappa shape index (κ3) is 3.65. The second-order valence-electron chi connectivity index (χ2n) is 5.13. The highest BCUT2D eigenvalue weighted by molar-refractivity contribution is 5.68. The lowest BCUT2D eigenvalue weighted by Crippen LogP contribution is -2.51. The smallest absolute Gasteiger partial charge is 0.411 e. The first-order chi connectivity index (χ1) is 10.3. The molecule has 2 fully saturated rings. The molecule has 0 aromatic heterocycles. The van der Waals surface area contributed by atoms with Gasteiger partial charge in [0.2, 0.25) is 0 Å². The van der Waals surface area contributed by atoms with E-state index in [1.165, 1.54) is 0 Å². The van der Waals surface area contributed by atoms with E-state index in [-0.39, 0.29) is 6.09 Å². The van der Waals surface area contributed by atoms with E-state index in [0.717, 1.165) is 12.2 Å². The van der Waals surface area contributed by atoms with Crippen LogP contribution in [-0.4, -0.2) is 63.2 Å². The Balaban J connectivity index is 1.55. The van der Waals surface area contributed by atoms with Crippen LogP contribution in [0.1, 0.15) is 0 Å². The van der Waals surface area contributed by atoms with E-state index < -0.39 is 6.23 Å². The van der Waals surface area contributed by atoms with Crippen LogP contribution in [-0.2, 0) is 9.47 Å². The summed E-state index contributed by atoms with van der Waals surface area (Å²) < 4.78 is 10.7. The minimum Gasteiger partial charge on any atom is -0.427 e. The van der Waals surface area contributed by atoms with Gasteiger partial charge in [-0.2, -0.15) is 5.32 Å². The van der Waals surface area contributed by atoms with Crippen LogP contribution in [0.3, 0.4) is 0 Å². The van der Waals surface area contributed by atoms with Gasteiger partial charge in [-0.25, -0.2) is 4.79 Å². The van der Waals surface area contributed by atoms with E-state index in [9.17, 15) is 4.79 Å². The Morgan fingerprint density at radius 1 is 1.19 bits per heavy atom. The average molecular weight is 290 g/mol. The molecule has 0 saturated carbocycles. The monoisotopic (exact) mass is 290 g/mol. The summed E-state index contributed by atoms with van der Waals surface area (Å²) in [6.07, 6.45) is -0.684. The molecular weight excluding hydrogens is 270 g/mol. The molecule has 0 bridgehead atoms. The first kappa shape index (κ1) is 14.2. The second kappa shape index (κ2) is 6.78. The van der Waals surface area contributed by atoms with Crippen molar-refractivity contribution in [3.63, 3.8) is 0 Å². The molecule has 1 radical (unpaired) electrons. The Bertz CT molecular complexity index is 462. The molecule has 6 nitrogen and oxygen atoms in total. The summed E-state index contributed by atoms with van der Waals surface area (Å²) in [7, 11) is 0. The molecule has 2 aliphatic heterocycles. The van der Waals surface area contributed by atoms with Gasteiger partial charge in [0.15, 0.2) is 6.23 Å². The van der Waals surface area contributed by atoms with Gasteiger partial charge in [-0.3, -0.25) is 0 Å². The Labute approximate surface area is 124 Å². The molecule has 1 atom stereocenters. The number of ether oxygens (including phenoxy) is 2. The maximum atomic E-state index is 12.1. The van der Waals surface area contributed by atoms with Crippen molar-refractivity contribution in [2.45, 2.75) is 6.23 Å². The molecule has 0 aliphatic carbocycles. The van der Waals surface area contributed by atoms with E-state index in [1.807, 2.05) is 18.2 Å². The number of benzene rings is 1. The van der Waals surface area contributed by atoms with Crippen molar-refractivity contribution >= 4 is 11.8 Å². The number of para-hydroxylation sites is 1. The first-order valence-corrected chi connectivity index (χ1v) is 7.33. The SMILES string of the molecule is O=C(O[C@H]1CN(c2ccccc2)CC[N]1)N1CCOCC1. The number of carbonyl (C=O) groups is 1. The molecule has 1 aromatic rings. The summed E-state index contributed by atoms with van der Waals surface area (Å²) in [5, 5.41) is 4.40. The topological polar surface area (TPSA) is 56.1 Å². The normalized spacial score (nSPS) is 23.0. The lowest BCUT2D eigenvalue weighted by atomic mass is 10.2. The molecule has 1 amide bonds. The average Bonchev–Trinajstić information content (AvgIpc) is 2.57.